The first-order valence-electron chi connectivity index (χ1n) is 13.6. The van der Waals surface area contributed by atoms with E-state index in [9.17, 15) is 14.9 Å². The Kier molecular flexibility index (Phi) is 8.56. The lowest BCUT2D eigenvalue weighted by molar-refractivity contribution is -0.129. The van der Waals surface area contributed by atoms with Crippen LogP contribution in [0, 0.1) is 16.7 Å². The number of rotatable bonds is 10. The first-order chi connectivity index (χ1) is 18.9. The van der Waals surface area contributed by atoms with E-state index < -0.39 is 13.5 Å². The molecule has 1 amide bonds. The SMILES string of the molecule is CC(C)(C)C(=O)c1cn(COCC[Si](C)(C)C)c2ncc(Nc3ccc(C=C(C#N)C(=O)N4CCC4)cc3)nc12. The molecule has 1 aliphatic rings. The number of benzene rings is 1. The second-order valence-corrected chi connectivity index (χ2v) is 18.1. The van der Waals surface area contributed by atoms with Crippen molar-refractivity contribution in [2.24, 2.45) is 5.41 Å². The molecule has 2 aromatic heterocycles. The van der Waals surface area contributed by atoms with E-state index in [1.807, 2.05) is 55.7 Å². The Hall–Kier alpha value is -3.81. The highest BCUT2D eigenvalue weighted by atomic mass is 28.3. The number of fused-ring (bicyclic) bond motifs is 1. The van der Waals surface area contributed by atoms with Crippen LogP contribution in [-0.4, -0.2) is 58.9 Å². The van der Waals surface area contributed by atoms with Crippen molar-refractivity contribution >= 4 is 48.5 Å². The quantitative estimate of drug-likeness (QED) is 0.109. The number of hydrogen-bond acceptors (Lipinski definition) is 7. The van der Waals surface area contributed by atoms with Gasteiger partial charge in [-0.15, -0.1) is 0 Å². The van der Waals surface area contributed by atoms with Crippen molar-refractivity contribution in [2.45, 2.75) is 59.6 Å². The maximum absolute atomic E-state index is 13.3. The summed E-state index contributed by atoms with van der Waals surface area (Å²) in [6, 6.07) is 10.4. The molecule has 0 bridgehead atoms. The lowest BCUT2D eigenvalue weighted by Crippen LogP contribution is -2.42. The summed E-state index contributed by atoms with van der Waals surface area (Å²) in [4.78, 5) is 36.8. The van der Waals surface area contributed by atoms with Crippen molar-refractivity contribution in [1.29, 1.82) is 5.26 Å². The first kappa shape index (κ1) is 29.2. The fourth-order valence-corrected chi connectivity index (χ4v) is 4.89. The molecule has 0 saturated carbocycles. The van der Waals surface area contributed by atoms with Gasteiger partial charge in [0.25, 0.3) is 5.91 Å². The maximum Gasteiger partial charge on any atom is 0.264 e. The van der Waals surface area contributed by atoms with Crippen LogP contribution in [0.3, 0.4) is 0 Å². The predicted octanol–water partition coefficient (Wildman–Crippen LogP) is 5.86. The molecular weight excluding hydrogens is 520 g/mol. The van der Waals surface area contributed by atoms with Gasteiger partial charge in [-0.25, -0.2) is 9.97 Å². The topological polar surface area (TPSA) is 113 Å². The number of anilines is 2. The number of nitriles is 1. The highest BCUT2D eigenvalue weighted by molar-refractivity contribution is 6.76. The molecular formula is C30H38N6O3Si. The van der Waals surface area contributed by atoms with Crippen LogP contribution in [-0.2, 0) is 16.3 Å². The van der Waals surface area contributed by atoms with E-state index in [1.165, 1.54) is 0 Å². The highest BCUT2D eigenvalue weighted by Gasteiger charge is 2.28. The van der Waals surface area contributed by atoms with E-state index in [0.29, 0.717) is 49.0 Å². The predicted molar refractivity (Wildman–Crippen MR) is 160 cm³/mol. The first-order valence-corrected chi connectivity index (χ1v) is 17.3. The Balaban J connectivity index is 1.55. The second-order valence-electron chi connectivity index (χ2n) is 12.4. The van der Waals surface area contributed by atoms with Gasteiger partial charge in [0.1, 0.15) is 29.7 Å². The van der Waals surface area contributed by atoms with Gasteiger partial charge in [0, 0.05) is 45.1 Å². The number of hydrogen-bond donors (Lipinski definition) is 1. The van der Waals surface area contributed by atoms with Crippen LogP contribution in [0.5, 0.6) is 0 Å². The minimum atomic E-state index is -1.21. The van der Waals surface area contributed by atoms with Crippen LogP contribution in [0.25, 0.3) is 17.2 Å². The number of carbonyl (C=O) groups excluding carboxylic acids is 2. The zero-order valence-electron chi connectivity index (χ0n) is 24.2. The lowest BCUT2D eigenvalue weighted by Gasteiger charge is -2.30. The van der Waals surface area contributed by atoms with Crippen LogP contribution < -0.4 is 5.32 Å². The molecule has 1 fully saturated rings. The highest BCUT2D eigenvalue weighted by Crippen LogP contribution is 2.28. The molecule has 4 rings (SSSR count). The van der Waals surface area contributed by atoms with E-state index in [-0.39, 0.29) is 17.3 Å². The van der Waals surface area contributed by atoms with Gasteiger partial charge < -0.3 is 19.5 Å². The number of amides is 1. The number of Topliss-reactive ketones (excluding diaryl/α,β-unsaturated/α-hetero) is 1. The largest absolute Gasteiger partial charge is 0.361 e. The monoisotopic (exact) mass is 558 g/mol. The Bertz CT molecular complexity index is 1470. The zero-order valence-corrected chi connectivity index (χ0v) is 25.2. The molecule has 1 saturated heterocycles. The van der Waals surface area contributed by atoms with Crippen molar-refractivity contribution < 1.29 is 14.3 Å². The molecule has 210 valence electrons. The van der Waals surface area contributed by atoms with Gasteiger partial charge in [0.15, 0.2) is 11.4 Å². The normalized spacial score (nSPS) is 14.1. The number of ketones is 1. The number of aromatic nitrogens is 3. The van der Waals surface area contributed by atoms with Crippen LogP contribution in [0.2, 0.25) is 25.7 Å². The van der Waals surface area contributed by atoms with Gasteiger partial charge in [0.2, 0.25) is 0 Å². The van der Waals surface area contributed by atoms with Crippen LogP contribution in [0.4, 0.5) is 11.5 Å². The molecule has 1 aliphatic heterocycles. The van der Waals surface area contributed by atoms with E-state index in [4.69, 9.17) is 9.72 Å². The third kappa shape index (κ3) is 7.03. The third-order valence-electron chi connectivity index (χ3n) is 6.71. The smallest absolute Gasteiger partial charge is 0.264 e. The van der Waals surface area contributed by atoms with Gasteiger partial charge in [0.05, 0.1) is 11.8 Å². The number of carbonyl (C=O) groups is 2. The lowest BCUT2D eigenvalue weighted by atomic mass is 9.87. The maximum atomic E-state index is 13.3. The minimum Gasteiger partial charge on any atom is -0.361 e. The Morgan fingerprint density at radius 3 is 2.45 bits per heavy atom. The number of ether oxygens (including phenoxy) is 1. The van der Waals surface area contributed by atoms with Crippen molar-refractivity contribution in [3.8, 4) is 6.07 Å². The average molecular weight is 559 g/mol. The van der Waals surface area contributed by atoms with Crippen molar-refractivity contribution in [3.05, 3.63) is 53.4 Å². The molecule has 10 heteroatoms. The van der Waals surface area contributed by atoms with Crippen molar-refractivity contribution in [1.82, 2.24) is 19.4 Å². The van der Waals surface area contributed by atoms with Crippen LogP contribution in [0.15, 0.2) is 42.2 Å². The van der Waals surface area contributed by atoms with Gasteiger partial charge in [-0.05, 0) is 36.2 Å². The summed E-state index contributed by atoms with van der Waals surface area (Å²) in [5.74, 6) is 0.261. The Morgan fingerprint density at radius 2 is 1.88 bits per heavy atom. The van der Waals surface area contributed by atoms with E-state index in [1.54, 1.807) is 23.4 Å². The molecule has 0 radical (unpaired) electrons. The standard InChI is InChI=1S/C30H38N6O3Si/c1-30(2,3)27(37)24-19-36(20-39-14-15-40(4,5)6)28-26(24)34-25(18-32-28)33-23-10-8-21(9-11-23)16-22(17-31)29(38)35-12-7-13-35/h8-11,16,18-19H,7,12-15,20H2,1-6H3,(H,33,34). The van der Waals surface area contributed by atoms with Gasteiger partial charge in [-0.3, -0.25) is 9.59 Å². The summed E-state index contributed by atoms with van der Waals surface area (Å²) >= 11 is 0. The molecule has 9 nitrogen and oxygen atoms in total. The average Bonchev–Trinajstić information content (AvgIpc) is 3.21. The summed E-state index contributed by atoms with van der Waals surface area (Å²) in [7, 11) is -1.21. The molecule has 1 N–H and O–H groups in total. The fraction of sp³-hybridized carbons (Fsp3) is 0.433. The number of likely N-dealkylation sites (tertiary alicyclic amines) is 1. The molecule has 0 atom stereocenters. The third-order valence-corrected chi connectivity index (χ3v) is 8.41. The fourth-order valence-electron chi connectivity index (χ4n) is 4.13. The summed E-state index contributed by atoms with van der Waals surface area (Å²) < 4.78 is 7.80. The van der Waals surface area contributed by atoms with E-state index >= 15 is 0 Å². The van der Waals surface area contributed by atoms with E-state index in [2.05, 4.69) is 29.9 Å². The molecule has 3 aromatic rings. The van der Waals surface area contributed by atoms with Gasteiger partial charge in [-0.2, -0.15) is 5.26 Å². The van der Waals surface area contributed by atoms with Crippen molar-refractivity contribution in [2.75, 3.05) is 25.0 Å². The molecule has 3 heterocycles. The molecule has 0 spiro atoms. The molecule has 40 heavy (non-hydrogen) atoms. The Labute approximate surface area is 236 Å². The van der Waals surface area contributed by atoms with Gasteiger partial charge >= 0.3 is 0 Å². The minimum absolute atomic E-state index is 0.0120. The summed E-state index contributed by atoms with van der Waals surface area (Å²) in [5, 5.41) is 12.7. The number of nitrogens with one attached hydrogen (secondary N) is 1. The van der Waals surface area contributed by atoms with Crippen molar-refractivity contribution in [3.63, 3.8) is 0 Å². The van der Waals surface area contributed by atoms with Crippen LogP contribution >= 0.6 is 0 Å². The second kappa shape index (κ2) is 11.7. The van der Waals surface area contributed by atoms with Crippen LogP contribution in [0.1, 0.15) is 43.1 Å². The van der Waals surface area contributed by atoms with Gasteiger partial charge in [-0.1, -0.05) is 52.5 Å². The van der Waals surface area contributed by atoms with E-state index in [0.717, 1.165) is 23.7 Å². The zero-order chi connectivity index (χ0) is 29.1. The summed E-state index contributed by atoms with van der Waals surface area (Å²) in [5.41, 5.74) is 2.71. The summed E-state index contributed by atoms with van der Waals surface area (Å²) in [6.45, 7) is 15.0. The molecule has 1 aromatic carbocycles. The summed E-state index contributed by atoms with van der Waals surface area (Å²) in [6.07, 6.45) is 6.02. The molecule has 0 aliphatic carbocycles. The number of nitrogens with zero attached hydrogens (tertiary/aromatic N) is 5. The Morgan fingerprint density at radius 1 is 1.18 bits per heavy atom. The molecule has 0 unspecified atom stereocenters.